The Morgan fingerprint density at radius 2 is 1.85 bits per heavy atom. The first-order valence-electron chi connectivity index (χ1n) is 5.83. The van der Waals surface area contributed by atoms with Gasteiger partial charge in [-0.25, -0.2) is 0 Å². The molecule has 0 aromatic carbocycles. The lowest BCUT2D eigenvalue weighted by Gasteiger charge is -2.31. The third-order valence-electron chi connectivity index (χ3n) is 3.64. The van der Waals surface area contributed by atoms with Gasteiger partial charge in [0.25, 0.3) is 0 Å². The molecule has 0 nitrogen and oxygen atoms in total. The van der Waals surface area contributed by atoms with E-state index in [0.717, 1.165) is 17.8 Å². The second kappa shape index (κ2) is 6.06. The first-order chi connectivity index (χ1) is 6.27. The summed E-state index contributed by atoms with van der Waals surface area (Å²) >= 11 is 3.60. The van der Waals surface area contributed by atoms with Crippen molar-refractivity contribution < 1.29 is 0 Å². The Morgan fingerprint density at radius 3 is 2.31 bits per heavy atom. The molecule has 0 heterocycles. The Kier molecular flexibility index (Phi) is 5.38. The molecule has 1 atom stereocenters. The SMILES string of the molecule is CCCC1CCC(C(C)CBr)CC1. The number of rotatable bonds is 4. The van der Waals surface area contributed by atoms with Crippen LogP contribution >= 0.6 is 15.9 Å². The molecule has 1 heteroatoms. The number of hydrogen-bond acceptors (Lipinski definition) is 0. The highest BCUT2D eigenvalue weighted by Gasteiger charge is 2.23. The Labute approximate surface area is 91.6 Å². The highest BCUT2D eigenvalue weighted by Crippen LogP contribution is 2.35. The smallest absolute Gasteiger partial charge is 0.00596 e. The molecule has 0 aromatic rings. The maximum atomic E-state index is 3.60. The van der Waals surface area contributed by atoms with Crippen molar-refractivity contribution in [3.8, 4) is 0 Å². The first-order valence-corrected chi connectivity index (χ1v) is 6.96. The van der Waals surface area contributed by atoms with E-state index in [1.165, 1.54) is 43.9 Å². The molecule has 1 aliphatic rings. The third kappa shape index (κ3) is 3.61. The zero-order valence-electron chi connectivity index (χ0n) is 9.06. The summed E-state index contributed by atoms with van der Waals surface area (Å²) in [6.45, 7) is 4.70. The second-order valence-corrected chi connectivity index (χ2v) is 5.35. The molecule has 0 radical (unpaired) electrons. The molecule has 1 unspecified atom stereocenters. The van der Waals surface area contributed by atoms with Gasteiger partial charge in [-0.15, -0.1) is 0 Å². The van der Waals surface area contributed by atoms with Gasteiger partial charge in [0.2, 0.25) is 0 Å². The van der Waals surface area contributed by atoms with Crippen LogP contribution in [-0.2, 0) is 0 Å². The number of hydrogen-bond donors (Lipinski definition) is 0. The molecule has 78 valence electrons. The quantitative estimate of drug-likeness (QED) is 0.635. The third-order valence-corrected chi connectivity index (χ3v) is 4.66. The molecule has 1 rings (SSSR count). The molecule has 0 N–H and O–H groups in total. The highest BCUT2D eigenvalue weighted by molar-refractivity contribution is 9.09. The van der Waals surface area contributed by atoms with E-state index in [1.807, 2.05) is 0 Å². The summed E-state index contributed by atoms with van der Waals surface area (Å²) in [6.07, 6.45) is 8.80. The van der Waals surface area contributed by atoms with Crippen LogP contribution in [0.1, 0.15) is 52.4 Å². The molecule has 0 amide bonds. The average molecular weight is 247 g/mol. The van der Waals surface area contributed by atoms with Gasteiger partial charge >= 0.3 is 0 Å². The monoisotopic (exact) mass is 246 g/mol. The van der Waals surface area contributed by atoms with Crippen molar-refractivity contribution in [3.63, 3.8) is 0 Å². The van der Waals surface area contributed by atoms with Crippen molar-refractivity contribution in [1.29, 1.82) is 0 Å². The number of halogens is 1. The van der Waals surface area contributed by atoms with Crippen LogP contribution in [0.4, 0.5) is 0 Å². The van der Waals surface area contributed by atoms with Crippen LogP contribution in [0.25, 0.3) is 0 Å². The zero-order valence-corrected chi connectivity index (χ0v) is 10.6. The van der Waals surface area contributed by atoms with Gasteiger partial charge in [-0.2, -0.15) is 0 Å². The van der Waals surface area contributed by atoms with Crippen LogP contribution in [0.3, 0.4) is 0 Å². The summed E-state index contributed by atoms with van der Waals surface area (Å²) in [4.78, 5) is 0. The predicted molar refractivity (Wildman–Crippen MR) is 63.3 cm³/mol. The molecular formula is C12H23Br. The average Bonchev–Trinajstić information content (AvgIpc) is 2.18. The van der Waals surface area contributed by atoms with Crippen LogP contribution in [0, 0.1) is 17.8 Å². The van der Waals surface area contributed by atoms with Crippen molar-refractivity contribution in [2.24, 2.45) is 17.8 Å². The van der Waals surface area contributed by atoms with Gasteiger partial charge in [-0.1, -0.05) is 55.5 Å². The summed E-state index contributed by atoms with van der Waals surface area (Å²) in [5.41, 5.74) is 0. The molecule has 0 bridgehead atoms. The fourth-order valence-corrected chi connectivity index (χ4v) is 3.11. The van der Waals surface area contributed by atoms with Crippen LogP contribution in [0.2, 0.25) is 0 Å². The van der Waals surface area contributed by atoms with Crippen molar-refractivity contribution in [2.45, 2.75) is 52.4 Å². The zero-order chi connectivity index (χ0) is 9.68. The predicted octanol–water partition coefficient (Wildman–Crippen LogP) is 4.62. The van der Waals surface area contributed by atoms with E-state index in [-0.39, 0.29) is 0 Å². The van der Waals surface area contributed by atoms with Gasteiger partial charge in [0, 0.05) is 5.33 Å². The summed E-state index contributed by atoms with van der Waals surface area (Å²) in [6, 6.07) is 0. The van der Waals surface area contributed by atoms with Crippen molar-refractivity contribution in [1.82, 2.24) is 0 Å². The molecule has 1 saturated carbocycles. The molecule has 0 aliphatic heterocycles. The lowest BCUT2D eigenvalue weighted by molar-refractivity contribution is 0.219. The standard InChI is InChI=1S/C12H23Br/c1-3-4-11-5-7-12(8-6-11)10(2)9-13/h10-12H,3-9H2,1-2H3. The normalized spacial score (nSPS) is 31.6. The van der Waals surface area contributed by atoms with Gasteiger partial charge in [-0.05, 0) is 30.6 Å². The van der Waals surface area contributed by atoms with Gasteiger partial charge < -0.3 is 0 Å². The minimum absolute atomic E-state index is 0.891. The van der Waals surface area contributed by atoms with E-state index in [9.17, 15) is 0 Å². The van der Waals surface area contributed by atoms with Crippen molar-refractivity contribution >= 4 is 15.9 Å². The summed E-state index contributed by atoms with van der Waals surface area (Å²) in [5.74, 6) is 2.96. The lowest BCUT2D eigenvalue weighted by atomic mass is 9.76. The lowest BCUT2D eigenvalue weighted by Crippen LogP contribution is -2.20. The fraction of sp³-hybridized carbons (Fsp3) is 1.00. The minimum Gasteiger partial charge on any atom is -0.0925 e. The highest BCUT2D eigenvalue weighted by atomic mass is 79.9. The van der Waals surface area contributed by atoms with Crippen molar-refractivity contribution in [3.05, 3.63) is 0 Å². The van der Waals surface area contributed by atoms with E-state index in [2.05, 4.69) is 29.8 Å². The molecule has 1 fully saturated rings. The van der Waals surface area contributed by atoms with Crippen LogP contribution in [0.15, 0.2) is 0 Å². The topological polar surface area (TPSA) is 0 Å². The minimum atomic E-state index is 0.891. The second-order valence-electron chi connectivity index (χ2n) is 4.70. The molecule has 1 aliphatic carbocycles. The summed E-state index contributed by atoms with van der Waals surface area (Å²) < 4.78 is 0. The maximum Gasteiger partial charge on any atom is 0.00596 e. The summed E-state index contributed by atoms with van der Waals surface area (Å²) in [7, 11) is 0. The van der Waals surface area contributed by atoms with E-state index in [0.29, 0.717) is 0 Å². The van der Waals surface area contributed by atoms with E-state index >= 15 is 0 Å². The Hall–Kier alpha value is 0.480. The van der Waals surface area contributed by atoms with E-state index in [1.54, 1.807) is 0 Å². The first kappa shape index (κ1) is 11.6. The number of alkyl halides is 1. The van der Waals surface area contributed by atoms with Gasteiger partial charge in [0.15, 0.2) is 0 Å². The van der Waals surface area contributed by atoms with Gasteiger partial charge in [-0.3, -0.25) is 0 Å². The molecule has 13 heavy (non-hydrogen) atoms. The maximum absolute atomic E-state index is 3.60. The fourth-order valence-electron chi connectivity index (χ4n) is 2.58. The van der Waals surface area contributed by atoms with Crippen LogP contribution in [-0.4, -0.2) is 5.33 Å². The van der Waals surface area contributed by atoms with Gasteiger partial charge in [0.05, 0.1) is 0 Å². The largest absolute Gasteiger partial charge is 0.0925 e. The van der Waals surface area contributed by atoms with E-state index in [4.69, 9.17) is 0 Å². The molecule has 0 spiro atoms. The summed E-state index contributed by atoms with van der Waals surface area (Å²) in [5, 5.41) is 1.19. The Morgan fingerprint density at radius 1 is 1.23 bits per heavy atom. The van der Waals surface area contributed by atoms with E-state index < -0.39 is 0 Å². The molecule has 0 saturated heterocycles. The van der Waals surface area contributed by atoms with Gasteiger partial charge in [0.1, 0.15) is 0 Å². The molecular weight excluding hydrogens is 224 g/mol. The van der Waals surface area contributed by atoms with Crippen LogP contribution in [0.5, 0.6) is 0 Å². The Balaban J connectivity index is 2.22. The molecule has 0 aromatic heterocycles. The Bertz CT molecular complexity index is 125. The van der Waals surface area contributed by atoms with Crippen molar-refractivity contribution in [2.75, 3.05) is 5.33 Å². The van der Waals surface area contributed by atoms with Crippen LogP contribution < -0.4 is 0 Å².